The van der Waals surface area contributed by atoms with E-state index in [0.29, 0.717) is 5.56 Å². The molecular weight excluding hydrogens is 339 g/mol. The molecule has 0 bridgehead atoms. The van der Waals surface area contributed by atoms with E-state index in [4.69, 9.17) is 0 Å². The molecule has 3 rings (SSSR count). The zero-order valence-electron chi connectivity index (χ0n) is 14.9. The first-order chi connectivity index (χ1) is 12.3. The van der Waals surface area contributed by atoms with Gasteiger partial charge in [-0.25, -0.2) is 9.18 Å². The molecule has 2 saturated heterocycles. The number of carbonyl (C=O) groups excluding carboxylic acids is 3. The second kappa shape index (κ2) is 7.03. The van der Waals surface area contributed by atoms with Crippen molar-refractivity contribution in [1.29, 1.82) is 0 Å². The van der Waals surface area contributed by atoms with Gasteiger partial charge < -0.3 is 15.5 Å². The van der Waals surface area contributed by atoms with Crippen LogP contribution in [-0.2, 0) is 15.1 Å². The number of halogens is 1. The van der Waals surface area contributed by atoms with Crippen LogP contribution in [-0.4, -0.2) is 60.4 Å². The number of nitrogens with one attached hydrogen (secondary N) is 2. The number of carbonyl (C=O) groups is 3. The van der Waals surface area contributed by atoms with Crippen LogP contribution in [0, 0.1) is 5.82 Å². The molecule has 2 heterocycles. The van der Waals surface area contributed by atoms with Crippen molar-refractivity contribution < 1.29 is 18.8 Å². The van der Waals surface area contributed by atoms with Crippen LogP contribution in [0.15, 0.2) is 24.3 Å². The summed E-state index contributed by atoms with van der Waals surface area (Å²) in [6.45, 7) is 3.02. The summed E-state index contributed by atoms with van der Waals surface area (Å²) in [5.74, 6) is -1.30. The zero-order chi connectivity index (χ0) is 18.9. The summed E-state index contributed by atoms with van der Waals surface area (Å²) in [6.07, 6.45) is 1.69. The number of hydrogen-bond donors (Lipinski definition) is 2. The SMILES string of the molecule is CN1CCC(NC(=O)CN2C(=O)NC(C)(c3ccc(F)cc3)C2=O)CC1. The predicted octanol–water partition coefficient (Wildman–Crippen LogP) is 0.803. The van der Waals surface area contributed by atoms with Gasteiger partial charge in [0.1, 0.15) is 17.9 Å². The number of benzene rings is 1. The molecular formula is C18H23FN4O3. The van der Waals surface area contributed by atoms with Crippen molar-refractivity contribution in [3.05, 3.63) is 35.6 Å². The van der Waals surface area contributed by atoms with Crippen LogP contribution in [0.2, 0.25) is 0 Å². The van der Waals surface area contributed by atoms with Crippen molar-refractivity contribution in [3.63, 3.8) is 0 Å². The molecule has 2 N–H and O–H groups in total. The first-order valence-electron chi connectivity index (χ1n) is 8.67. The number of nitrogens with zero attached hydrogens (tertiary/aromatic N) is 2. The summed E-state index contributed by atoms with van der Waals surface area (Å²) in [6, 6.07) is 4.80. The summed E-state index contributed by atoms with van der Waals surface area (Å²) in [5.41, 5.74) is -0.839. The lowest BCUT2D eigenvalue weighted by atomic mass is 9.92. The van der Waals surface area contributed by atoms with Crippen LogP contribution in [0.5, 0.6) is 0 Å². The van der Waals surface area contributed by atoms with E-state index >= 15 is 0 Å². The molecule has 4 amide bonds. The second-order valence-electron chi connectivity index (χ2n) is 7.10. The molecule has 7 nitrogen and oxygen atoms in total. The van der Waals surface area contributed by atoms with Gasteiger partial charge in [-0.2, -0.15) is 0 Å². The third-order valence-electron chi connectivity index (χ3n) is 5.08. The van der Waals surface area contributed by atoms with Gasteiger partial charge in [0, 0.05) is 6.04 Å². The van der Waals surface area contributed by atoms with Gasteiger partial charge in [0.05, 0.1) is 0 Å². The van der Waals surface area contributed by atoms with Gasteiger partial charge in [-0.15, -0.1) is 0 Å². The molecule has 1 aromatic carbocycles. The molecule has 0 aliphatic carbocycles. The van der Waals surface area contributed by atoms with E-state index in [2.05, 4.69) is 15.5 Å². The van der Waals surface area contributed by atoms with E-state index < -0.39 is 23.3 Å². The maximum absolute atomic E-state index is 13.1. The monoisotopic (exact) mass is 362 g/mol. The van der Waals surface area contributed by atoms with Crippen LogP contribution >= 0.6 is 0 Å². The van der Waals surface area contributed by atoms with E-state index in [9.17, 15) is 18.8 Å². The van der Waals surface area contributed by atoms with Gasteiger partial charge in [0.2, 0.25) is 5.91 Å². The molecule has 0 saturated carbocycles. The van der Waals surface area contributed by atoms with E-state index in [1.807, 2.05) is 7.05 Å². The second-order valence-corrected chi connectivity index (χ2v) is 7.10. The summed E-state index contributed by atoms with van der Waals surface area (Å²) < 4.78 is 13.1. The van der Waals surface area contributed by atoms with Crippen molar-refractivity contribution >= 4 is 17.8 Å². The maximum Gasteiger partial charge on any atom is 0.325 e. The first-order valence-corrected chi connectivity index (χ1v) is 8.67. The number of urea groups is 1. The minimum Gasteiger partial charge on any atom is -0.352 e. The lowest BCUT2D eigenvalue weighted by molar-refractivity contribution is -0.135. The Morgan fingerprint density at radius 3 is 2.50 bits per heavy atom. The quantitative estimate of drug-likeness (QED) is 0.777. The molecule has 1 aromatic rings. The maximum atomic E-state index is 13.1. The Kier molecular flexibility index (Phi) is 4.95. The molecule has 8 heteroatoms. The van der Waals surface area contributed by atoms with Crippen molar-refractivity contribution in [2.24, 2.45) is 0 Å². The Morgan fingerprint density at radius 2 is 1.88 bits per heavy atom. The fourth-order valence-electron chi connectivity index (χ4n) is 3.39. The van der Waals surface area contributed by atoms with Gasteiger partial charge in [-0.3, -0.25) is 14.5 Å². The minimum atomic E-state index is -1.31. The van der Waals surface area contributed by atoms with Crippen LogP contribution in [0.25, 0.3) is 0 Å². The van der Waals surface area contributed by atoms with Gasteiger partial charge in [-0.1, -0.05) is 12.1 Å². The molecule has 0 spiro atoms. The van der Waals surface area contributed by atoms with Gasteiger partial charge >= 0.3 is 6.03 Å². The van der Waals surface area contributed by atoms with Crippen molar-refractivity contribution in [3.8, 4) is 0 Å². The first kappa shape index (κ1) is 18.3. The van der Waals surface area contributed by atoms with Crippen molar-refractivity contribution in [2.45, 2.75) is 31.3 Å². The average Bonchev–Trinajstić information content (AvgIpc) is 2.82. The summed E-state index contributed by atoms with van der Waals surface area (Å²) in [7, 11) is 2.03. The number of amides is 4. The topological polar surface area (TPSA) is 81.8 Å². The highest BCUT2D eigenvalue weighted by Gasteiger charge is 2.49. The lowest BCUT2D eigenvalue weighted by Gasteiger charge is -2.29. The highest BCUT2D eigenvalue weighted by atomic mass is 19.1. The van der Waals surface area contributed by atoms with Crippen LogP contribution in [0.4, 0.5) is 9.18 Å². The number of piperidine rings is 1. The third kappa shape index (κ3) is 3.55. The lowest BCUT2D eigenvalue weighted by Crippen LogP contribution is -2.48. The van der Waals surface area contributed by atoms with Gasteiger partial charge in [0.25, 0.3) is 5.91 Å². The van der Waals surface area contributed by atoms with Crippen molar-refractivity contribution in [1.82, 2.24) is 20.4 Å². The molecule has 2 fully saturated rings. The largest absolute Gasteiger partial charge is 0.352 e. The number of imide groups is 1. The van der Waals surface area contributed by atoms with E-state index in [-0.39, 0.29) is 18.5 Å². The van der Waals surface area contributed by atoms with E-state index in [0.717, 1.165) is 30.8 Å². The Bertz CT molecular complexity index is 716. The molecule has 26 heavy (non-hydrogen) atoms. The van der Waals surface area contributed by atoms with Crippen molar-refractivity contribution in [2.75, 3.05) is 26.7 Å². The Labute approximate surface area is 151 Å². The number of rotatable bonds is 4. The Morgan fingerprint density at radius 1 is 1.27 bits per heavy atom. The standard InChI is InChI=1S/C18H23FN4O3/c1-18(12-3-5-13(19)6-4-12)16(25)23(17(26)21-18)11-15(24)20-14-7-9-22(2)10-8-14/h3-6,14H,7-11H2,1-2H3,(H,20,24)(H,21,26). The van der Waals surface area contributed by atoms with Crippen LogP contribution in [0.1, 0.15) is 25.3 Å². The molecule has 2 aliphatic heterocycles. The van der Waals surface area contributed by atoms with Gasteiger partial charge in [-0.05, 0) is 57.6 Å². The molecule has 140 valence electrons. The molecule has 2 aliphatic rings. The molecule has 1 unspecified atom stereocenters. The normalized spacial score (nSPS) is 24.7. The fraction of sp³-hybridized carbons (Fsp3) is 0.500. The van der Waals surface area contributed by atoms with E-state index in [1.54, 1.807) is 6.92 Å². The number of likely N-dealkylation sites (tertiary alicyclic amines) is 1. The number of hydrogen-bond acceptors (Lipinski definition) is 4. The Balaban J connectivity index is 1.65. The predicted molar refractivity (Wildman–Crippen MR) is 92.7 cm³/mol. The summed E-state index contributed by atoms with van der Waals surface area (Å²) in [4.78, 5) is 40.4. The van der Waals surface area contributed by atoms with Crippen LogP contribution < -0.4 is 10.6 Å². The Hall–Kier alpha value is -2.48. The van der Waals surface area contributed by atoms with Crippen LogP contribution in [0.3, 0.4) is 0 Å². The fourth-order valence-corrected chi connectivity index (χ4v) is 3.39. The minimum absolute atomic E-state index is 0.0583. The summed E-state index contributed by atoms with van der Waals surface area (Å²) >= 11 is 0. The zero-order valence-corrected chi connectivity index (χ0v) is 14.9. The highest BCUT2D eigenvalue weighted by molar-refractivity contribution is 6.09. The third-order valence-corrected chi connectivity index (χ3v) is 5.08. The van der Waals surface area contributed by atoms with Gasteiger partial charge in [0.15, 0.2) is 0 Å². The van der Waals surface area contributed by atoms with E-state index in [1.165, 1.54) is 24.3 Å². The molecule has 0 aromatic heterocycles. The smallest absolute Gasteiger partial charge is 0.325 e. The molecule has 0 radical (unpaired) electrons. The highest BCUT2D eigenvalue weighted by Crippen LogP contribution is 2.28. The molecule has 1 atom stereocenters. The summed E-state index contributed by atoms with van der Waals surface area (Å²) in [5, 5.41) is 5.50. The average molecular weight is 362 g/mol.